The average Bonchev–Trinajstić information content (AvgIpc) is 2.46. The molecule has 2 rings (SSSR count). The molecule has 1 heterocycles. The van der Waals surface area contributed by atoms with Crippen molar-refractivity contribution in [2.24, 2.45) is 0 Å². The van der Waals surface area contributed by atoms with Crippen molar-refractivity contribution in [3.05, 3.63) is 0 Å². The molecule has 5 nitrogen and oxygen atoms in total. The Hall–Kier alpha value is -0.810. The van der Waals surface area contributed by atoms with Gasteiger partial charge in [0.1, 0.15) is 5.60 Å². The van der Waals surface area contributed by atoms with Gasteiger partial charge in [-0.25, -0.2) is 4.79 Å². The monoisotopic (exact) mass is 325 g/mol. The topological polar surface area (TPSA) is 53.6 Å². The van der Waals surface area contributed by atoms with Gasteiger partial charge in [-0.3, -0.25) is 0 Å². The van der Waals surface area contributed by atoms with Gasteiger partial charge in [0, 0.05) is 24.7 Å². The second kappa shape index (κ2) is 8.34. The van der Waals surface area contributed by atoms with Crippen LogP contribution in [0.2, 0.25) is 0 Å². The maximum absolute atomic E-state index is 11.8. The normalized spacial score (nSPS) is 30.0. The number of nitrogens with one attached hydrogen (secondary N) is 2. The van der Waals surface area contributed by atoms with Gasteiger partial charge in [0.25, 0.3) is 0 Å². The lowest BCUT2D eigenvalue weighted by Gasteiger charge is -2.35. The van der Waals surface area contributed by atoms with Gasteiger partial charge in [-0.2, -0.15) is 0 Å². The van der Waals surface area contributed by atoms with Crippen LogP contribution in [0.3, 0.4) is 0 Å². The summed E-state index contributed by atoms with van der Waals surface area (Å²) in [4.78, 5) is 14.3. The van der Waals surface area contributed by atoms with E-state index in [1.165, 1.54) is 25.8 Å². The van der Waals surface area contributed by atoms with E-state index in [0.29, 0.717) is 12.1 Å². The van der Waals surface area contributed by atoms with Crippen LogP contribution in [-0.4, -0.2) is 54.9 Å². The Balaban J connectivity index is 1.63. The molecular formula is C18H35N3O2. The number of rotatable bonds is 4. The molecule has 1 unspecified atom stereocenters. The van der Waals surface area contributed by atoms with Gasteiger partial charge in [-0.1, -0.05) is 6.42 Å². The summed E-state index contributed by atoms with van der Waals surface area (Å²) in [7, 11) is 2.24. The van der Waals surface area contributed by atoms with Crippen LogP contribution in [-0.2, 0) is 4.74 Å². The molecule has 1 saturated carbocycles. The minimum Gasteiger partial charge on any atom is -0.444 e. The van der Waals surface area contributed by atoms with Crippen molar-refractivity contribution in [1.29, 1.82) is 0 Å². The Morgan fingerprint density at radius 1 is 1.09 bits per heavy atom. The fraction of sp³-hybridized carbons (Fsp3) is 0.944. The van der Waals surface area contributed by atoms with Gasteiger partial charge >= 0.3 is 6.09 Å². The van der Waals surface area contributed by atoms with E-state index < -0.39 is 5.60 Å². The van der Waals surface area contributed by atoms with Crippen LogP contribution in [0.5, 0.6) is 0 Å². The Kier molecular flexibility index (Phi) is 6.72. The van der Waals surface area contributed by atoms with Crippen molar-refractivity contribution in [2.75, 3.05) is 20.1 Å². The molecule has 1 amide bonds. The van der Waals surface area contributed by atoms with E-state index in [2.05, 4.69) is 22.6 Å². The number of carbonyl (C=O) groups excluding carboxylic acids is 1. The lowest BCUT2D eigenvalue weighted by molar-refractivity contribution is 0.0489. The Bertz CT molecular complexity index is 373. The number of likely N-dealkylation sites (tertiary alicyclic amines) is 1. The number of hydrogen-bond donors (Lipinski definition) is 2. The van der Waals surface area contributed by atoms with Crippen LogP contribution < -0.4 is 10.6 Å². The number of alkyl carbamates (subject to hydrolysis) is 1. The van der Waals surface area contributed by atoms with E-state index in [1.54, 1.807) is 0 Å². The third kappa shape index (κ3) is 6.68. The summed E-state index contributed by atoms with van der Waals surface area (Å²) in [5.74, 6) is 0. The maximum atomic E-state index is 11.8. The van der Waals surface area contributed by atoms with Crippen molar-refractivity contribution < 1.29 is 9.53 Å². The van der Waals surface area contributed by atoms with E-state index in [-0.39, 0.29) is 12.1 Å². The summed E-state index contributed by atoms with van der Waals surface area (Å²) in [6.45, 7) is 8.03. The Labute approximate surface area is 141 Å². The zero-order chi connectivity index (χ0) is 16.9. The van der Waals surface area contributed by atoms with Crippen molar-refractivity contribution in [1.82, 2.24) is 15.5 Å². The van der Waals surface area contributed by atoms with Gasteiger partial charge in [0.05, 0.1) is 0 Å². The summed E-state index contributed by atoms with van der Waals surface area (Å²) < 4.78 is 5.33. The predicted octanol–water partition coefficient (Wildman–Crippen LogP) is 2.90. The molecule has 134 valence electrons. The zero-order valence-corrected chi connectivity index (χ0v) is 15.4. The SMILES string of the molecule is CN1CCCCC1CNC1CCC(NC(=O)OC(C)(C)C)CC1. The number of carbonyl (C=O) groups is 1. The van der Waals surface area contributed by atoms with E-state index in [1.807, 2.05) is 20.8 Å². The smallest absolute Gasteiger partial charge is 0.407 e. The molecule has 5 heteroatoms. The predicted molar refractivity (Wildman–Crippen MR) is 93.7 cm³/mol. The van der Waals surface area contributed by atoms with E-state index in [0.717, 1.165) is 32.2 Å². The Morgan fingerprint density at radius 3 is 2.35 bits per heavy atom. The summed E-state index contributed by atoms with van der Waals surface area (Å²) in [6.07, 6.45) is 8.09. The number of ether oxygens (including phenoxy) is 1. The molecule has 1 atom stereocenters. The highest BCUT2D eigenvalue weighted by Gasteiger charge is 2.26. The van der Waals surface area contributed by atoms with Crippen molar-refractivity contribution in [3.63, 3.8) is 0 Å². The maximum Gasteiger partial charge on any atom is 0.407 e. The number of likely N-dealkylation sites (N-methyl/N-ethyl adjacent to an activating group) is 1. The highest BCUT2D eigenvalue weighted by molar-refractivity contribution is 5.68. The van der Waals surface area contributed by atoms with Crippen LogP contribution >= 0.6 is 0 Å². The van der Waals surface area contributed by atoms with Crippen LogP contribution in [0, 0.1) is 0 Å². The van der Waals surface area contributed by atoms with Crippen LogP contribution in [0.25, 0.3) is 0 Å². The molecule has 1 saturated heterocycles. The molecule has 1 aliphatic heterocycles. The van der Waals surface area contributed by atoms with Gasteiger partial charge in [0.2, 0.25) is 0 Å². The van der Waals surface area contributed by atoms with Crippen LogP contribution in [0.4, 0.5) is 4.79 Å². The molecule has 2 N–H and O–H groups in total. The first-order chi connectivity index (χ1) is 10.8. The average molecular weight is 325 g/mol. The van der Waals surface area contributed by atoms with Gasteiger partial charge in [-0.05, 0) is 72.9 Å². The summed E-state index contributed by atoms with van der Waals surface area (Å²) >= 11 is 0. The molecular weight excluding hydrogens is 290 g/mol. The molecule has 23 heavy (non-hydrogen) atoms. The van der Waals surface area contributed by atoms with Gasteiger partial charge in [0.15, 0.2) is 0 Å². The quantitative estimate of drug-likeness (QED) is 0.834. The summed E-state index contributed by atoms with van der Waals surface area (Å²) in [5, 5.41) is 6.76. The van der Waals surface area contributed by atoms with E-state index in [9.17, 15) is 4.79 Å². The number of nitrogens with zero attached hydrogens (tertiary/aromatic N) is 1. The molecule has 0 aromatic rings. The highest BCUT2D eigenvalue weighted by atomic mass is 16.6. The molecule has 2 fully saturated rings. The second-order valence-electron chi connectivity index (χ2n) is 8.23. The number of hydrogen-bond acceptors (Lipinski definition) is 4. The van der Waals surface area contributed by atoms with Gasteiger partial charge in [-0.15, -0.1) is 0 Å². The van der Waals surface area contributed by atoms with Crippen molar-refractivity contribution >= 4 is 6.09 Å². The molecule has 0 aromatic heterocycles. The van der Waals surface area contributed by atoms with Crippen LogP contribution in [0.1, 0.15) is 65.7 Å². The Morgan fingerprint density at radius 2 is 1.74 bits per heavy atom. The standard InChI is InChI=1S/C18H35N3O2/c1-18(2,3)23-17(22)20-15-10-8-14(9-11-15)19-13-16-7-5-6-12-21(16)4/h14-16,19H,5-13H2,1-4H3,(H,20,22). The minimum atomic E-state index is -0.422. The summed E-state index contributed by atoms with van der Waals surface area (Å²) in [5.41, 5.74) is -0.422. The first kappa shape index (κ1) is 18.5. The number of amides is 1. The second-order valence-corrected chi connectivity index (χ2v) is 8.23. The fourth-order valence-electron chi connectivity index (χ4n) is 3.62. The lowest BCUT2D eigenvalue weighted by atomic mass is 9.91. The van der Waals surface area contributed by atoms with Crippen molar-refractivity contribution in [3.8, 4) is 0 Å². The third-order valence-corrected chi connectivity index (χ3v) is 5.01. The molecule has 0 spiro atoms. The largest absolute Gasteiger partial charge is 0.444 e. The first-order valence-electron chi connectivity index (χ1n) is 9.26. The summed E-state index contributed by atoms with van der Waals surface area (Å²) in [6, 6.07) is 1.56. The highest BCUT2D eigenvalue weighted by Crippen LogP contribution is 2.20. The lowest BCUT2D eigenvalue weighted by Crippen LogP contribution is -2.48. The van der Waals surface area contributed by atoms with Gasteiger partial charge < -0.3 is 20.3 Å². The van der Waals surface area contributed by atoms with Crippen LogP contribution in [0.15, 0.2) is 0 Å². The zero-order valence-electron chi connectivity index (χ0n) is 15.4. The fourth-order valence-corrected chi connectivity index (χ4v) is 3.62. The third-order valence-electron chi connectivity index (χ3n) is 5.01. The number of piperidine rings is 1. The molecule has 2 aliphatic rings. The van der Waals surface area contributed by atoms with E-state index in [4.69, 9.17) is 4.74 Å². The molecule has 0 radical (unpaired) electrons. The van der Waals surface area contributed by atoms with E-state index >= 15 is 0 Å². The minimum absolute atomic E-state index is 0.264. The molecule has 0 aromatic carbocycles. The van der Waals surface area contributed by atoms with Crippen molar-refractivity contribution in [2.45, 2.75) is 89.4 Å². The molecule has 1 aliphatic carbocycles. The first-order valence-corrected chi connectivity index (χ1v) is 9.26. The molecule has 0 bridgehead atoms.